The van der Waals surface area contributed by atoms with Crippen LogP contribution in [-0.2, 0) is 9.53 Å². The minimum Gasteiger partial charge on any atom is -0.507 e. The molecule has 15 nitrogen and oxygen atoms in total. The number of alkyl halides is 1. The van der Waals surface area contributed by atoms with E-state index in [0.29, 0.717) is 79.9 Å². The number of phenolic OH excluding ortho intramolecular Hbond substituents is 1. The van der Waals surface area contributed by atoms with Gasteiger partial charge in [-0.1, -0.05) is 18.2 Å². The standard InChI is InChI=1S/C44H49FN10O5/c1-28-22-30(6-7-33(28)38-26-53(20-21-60-38)36-24-35(49-50-40(36)46)34-4-2-3-5-37(34)56)42(58)52-18-12-44(45,13-19-52)27-51-14-9-31(10-15-51)54-16-8-29-23-32(25-47-41(29)54)55-17-11-39(57)48-43(55)59/h2-8,16,22-25,31,38,56H,9-15,17-21,26-27H2,1H3,(H2,46,50)(H,48,57,59)/t38-/m0/s1. The van der Waals surface area contributed by atoms with E-state index in [-0.39, 0.29) is 49.0 Å². The number of piperidine rings is 2. The number of anilines is 3. The summed E-state index contributed by atoms with van der Waals surface area (Å²) in [6.07, 6.45) is 6.00. The van der Waals surface area contributed by atoms with Crippen LogP contribution in [-0.4, -0.2) is 117 Å². The molecular weight excluding hydrogens is 768 g/mol. The number of halogens is 1. The summed E-state index contributed by atoms with van der Waals surface area (Å²) >= 11 is 0. The number of carbonyl (C=O) groups excluding carboxylic acids is 3. The van der Waals surface area contributed by atoms with Crippen molar-refractivity contribution in [3.05, 3.63) is 89.7 Å². The van der Waals surface area contributed by atoms with Crippen molar-refractivity contribution >= 4 is 46.1 Å². The average molecular weight is 817 g/mol. The Hall–Kier alpha value is -6.13. The molecule has 9 rings (SSSR count). The van der Waals surface area contributed by atoms with Gasteiger partial charge in [0, 0.05) is 100 Å². The number of nitrogen functional groups attached to an aromatic ring is 1. The number of hydrogen-bond donors (Lipinski definition) is 3. The molecule has 4 saturated heterocycles. The van der Waals surface area contributed by atoms with Crippen LogP contribution in [0.2, 0.25) is 0 Å². The second-order valence-corrected chi connectivity index (χ2v) is 16.4. The van der Waals surface area contributed by atoms with Gasteiger partial charge in [0.25, 0.3) is 5.91 Å². The lowest BCUT2D eigenvalue weighted by molar-refractivity contribution is -0.120. The number of urea groups is 1. The number of hydrogen-bond acceptors (Lipinski definition) is 11. The molecule has 3 aromatic heterocycles. The van der Waals surface area contributed by atoms with Crippen molar-refractivity contribution in [2.45, 2.75) is 56.8 Å². The van der Waals surface area contributed by atoms with Gasteiger partial charge in [-0.2, -0.15) is 0 Å². The first kappa shape index (κ1) is 39.3. The minimum absolute atomic E-state index is 0.0972. The van der Waals surface area contributed by atoms with Gasteiger partial charge in [0.15, 0.2) is 5.82 Å². The summed E-state index contributed by atoms with van der Waals surface area (Å²) in [6, 6.07) is 18.2. The third-order valence-electron chi connectivity index (χ3n) is 12.6. The molecule has 0 bridgehead atoms. The van der Waals surface area contributed by atoms with Crippen LogP contribution < -0.4 is 20.9 Å². The fourth-order valence-corrected chi connectivity index (χ4v) is 9.19. The number of benzene rings is 2. The van der Waals surface area contributed by atoms with Gasteiger partial charge >= 0.3 is 6.03 Å². The van der Waals surface area contributed by atoms with E-state index < -0.39 is 11.7 Å². The van der Waals surface area contributed by atoms with E-state index in [0.717, 1.165) is 48.1 Å². The van der Waals surface area contributed by atoms with E-state index in [1.54, 1.807) is 29.3 Å². The Morgan fingerprint density at radius 3 is 2.57 bits per heavy atom. The number of aromatic hydroxyl groups is 1. The maximum absolute atomic E-state index is 16.4. The largest absolute Gasteiger partial charge is 0.507 e. The molecule has 5 aromatic rings. The summed E-state index contributed by atoms with van der Waals surface area (Å²) in [5.41, 5.74) is 10.7. The van der Waals surface area contributed by atoms with Gasteiger partial charge in [0.2, 0.25) is 5.91 Å². The molecule has 0 spiro atoms. The zero-order valence-electron chi connectivity index (χ0n) is 33.6. The number of pyridine rings is 1. The number of para-hydroxylation sites is 1. The van der Waals surface area contributed by atoms with E-state index >= 15 is 4.39 Å². The number of likely N-dealkylation sites (tertiary alicyclic amines) is 2. The fraction of sp³-hybridized carbons (Fsp3) is 0.409. The molecule has 0 unspecified atom stereocenters. The van der Waals surface area contributed by atoms with Crippen LogP contribution >= 0.6 is 0 Å². The number of carbonyl (C=O) groups is 3. The van der Waals surface area contributed by atoms with Crippen LogP contribution in [0.15, 0.2) is 73.1 Å². The number of aromatic nitrogens is 4. The number of nitrogens with one attached hydrogen (secondary N) is 1. The van der Waals surface area contributed by atoms with Crippen LogP contribution in [0.5, 0.6) is 5.75 Å². The molecule has 0 radical (unpaired) electrons. The van der Waals surface area contributed by atoms with Gasteiger partial charge in [-0.25, -0.2) is 14.2 Å². The van der Waals surface area contributed by atoms with Crippen molar-refractivity contribution in [2.24, 2.45) is 0 Å². The van der Waals surface area contributed by atoms with E-state index in [9.17, 15) is 19.5 Å². The molecule has 0 aliphatic carbocycles. The average Bonchev–Trinajstić information content (AvgIpc) is 3.68. The molecule has 4 fully saturated rings. The third-order valence-corrected chi connectivity index (χ3v) is 12.6. The predicted octanol–water partition coefficient (Wildman–Crippen LogP) is 5.40. The molecule has 0 saturated carbocycles. The van der Waals surface area contributed by atoms with Gasteiger partial charge in [0.05, 0.1) is 29.9 Å². The Morgan fingerprint density at radius 1 is 1.00 bits per heavy atom. The summed E-state index contributed by atoms with van der Waals surface area (Å²) in [7, 11) is 0. The van der Waals surface area contributed by atoms with E-state index in [4.69, 9.17) is 15.5 Å². The van der Waals surface area contributed by atoms with Crippen molar-refractivity contribution < 1.29 is 28.6 Å². The number of phenols is 1. The van der Waals surface area contributed by atoms with Crippen molar-refractivity contribution in [1.82, 2.24) is 34.9 Å². The Labute approximate surface area is 346 Å². The molecule has 16 heteroatoms. The Bertz CT molecular complexity index is 2440. The molecule has 4 amide bonds. The summed E-state index contributed by atoms with van der Waals surface area (Å²) < 4.78 is 24.8. The van der Waals surface area contributed by atoms with Gasteiger partial charge in [-0.05, 0) is 73.4 Å². The molecule has 60 heavy (non-hydrogen) atoms. The number of nitrogens with two attached hydrogens (primary N) is 1. The number of morpholine rings is 1. The first-order valence-electron chi connectivity index (χ1n) is 20.7. The fourth-order valence-electron chi connectivity index (χ4n) is 9.19. The highest BCUT2D eigenvalue weighted by molar-refractivity contribution is 6.06. The third kappa shape index (κ3) is 7.84. The topological polar surface area (TPSA) is 175 Å². The smallest absolute Gasteiger partial charge is 0.328 e. The van der Waals surface area contributed by atoms with Crippen LogP contribution in [0.1, 0.15) is 65.7 Å². The second kappa shape index (κ2) is 16.1. The Balaban J connectivity index is 0.774. The summed E-state index contributed by atoms with van der Waals surface area (Å²) in [5.74, 6) is 0.0337. The highest BCUT2D eigenvalue weighted by Crippen LogP contribution is 2.36. The number of ether oxygens (including phenoxy) is 1. The number of amides is 4. The number of rotatable bonds is 8. The van der Waals surface area contributed by atoms with Gasteiger partial charge in [-0.3, -0.25) is 19.8 Å². The van der Waals surface area contributed by atoms with Crippen LogP contribution in [0, 0.1) is 6.92 Å². The molecule has 4 aliphatic rings. The first-order valence-corrected chi connectivity index (χ1v) is 20.7. The number of imide groups is 1. The van der Waals surface area contributed by atoms with Crippen molar-refractivity contribution in [3.63, 3.8) is 0 Å². The maximum Gasteiger partial charge on any atom is 0.328 e. The highest BCUT2D eigenvalue weighted by Gasteiger charge is 2.39. The molecule has 1 atom stereocenters. The van der Waals surface area contributed by atoms with Crippen LogP contribution in [0.4, 0.5) is 26.4 Å². The van der Waals surface area contributed by atoms with Gasteiger partial charge in [-0.15, -0.1) is 10.2 Å². The Kier molecular flexibility index (Phi) is 10.6. The molecule has 4 N–H and O–H groups in total. The van der Waals surface area contributed by atoms with Crippen LogP contribution in [0.25, 0.3) is 22.3 Å². The van der Waals surface area contributed by atoms with Crippen LogP contribution in [0.3, 0.4) is 0 Å². The number of nitrogens with zero attached hydrogens (tertiary/aromatic N) is 8. The number of aryl methyl sites for hydroxylation is 1. The van der Waals surface area contributed by atoms with E-state index in [1.807, 2.05) is 55.6 Å². The lowest BCUT2D eigenvalue weighted by Crippen LogP contribution is -2.51. The van der Waals surface area contributed by atoms with E-state index in [1.165, 1.54) is 4.90 Å². The van der Waals surface area contributed by atoms with Crippen molar-refractivity contribution in [1.29, 1.82) is 0 Å². The lowest BCUT2D eigenvalue weighted by Gasteiger charge is -2.41. The zero-order chi connectivity index (χ0) is 41.5. The normalized spacial score (nSPS) is 20.4. The molecule has 312 valence electrons. The molecule has 4 aliphatic heterocycles. The SMILES string of the molecule is Cc1cc(C(=O)N2CCC(F)(CN3CCC(n4ccc5cc(N6CCC(=O)NC6=O)cnc54)CC3)CC2)ccc1[C@@H]1CN(c2cc(-c3ccccc3O)nnc2N)CCO1. The summed E-state index contributed by atoms with van der Waals surface area (Å²) in [5, 5.41) is 22.1. The molecule has 2 aromatic carbocycles. The first-order chi connectivity index (χ1) is 29.0. The summed E-state index contributed by atoms with van der Waals surface area (Å²) in [6.45, 7) is 6.47. The zero-order valence-corrected chi connectivity index (χ0v) is 33.6. The molecule has 7 heterocycles. The molecular formula is C44H49FN10O5. The number of fused-ring (bicyclic) bond motifs is 1. The Morgan fingerprint density at radius 2 is 1.80 bits per heavy atom. The maximum atomic E-state index is 16.4. The minimum atomic E-state index is -1.37. The van der Waals surface area contributed by atoms with E-state index in [2.05, 4.69) is 29.9 Å². The summed E-state index contributed by atoms with van der Waals surface area (Å²) in [4.78, 5) is 50.0. The van der Waals surface area contributed by atoms with Gasteiger partial charge in [0.1, 0.15) is 23.2 Å². The highest BCUT2D eigenvalue weighted by atomic mass is 19.1. The quantitative estimate of drug-likeness (QED) is 0.183. The van der Waals surface area contributed by atoms with Crippen molar-refractivity contribution in [3.8, 4) is 17.0 Å². The second-order valence-electron chi connectivity index (χ2n) is 16.4. The monoisotopic (exact) mass is 816 g/mol. The lowest BCUT2D eigenvalue weighted by atomic mass is 9.91. The predicted molar refractivity (Wildman–Crippen MR) is 225 cm³/mol. The van der Waals surface area contributed by atoms with Gasteiger partial charge < -0.3 is 34.8 Å². The van der Waals surface area contributed by atoms with Crippen molar-refractivity contribution in [2.75, 3.05) is 74.5 Å².